The Morgan fingerprint density at radius 3 is 2.44 bits per heavy atom. The molecule has 0 bridgehead atoms. The lowest BCUT2D eigenvalue weighted by Gasteiger charge is -2.34. The predicted octanol–water partition coefficient (Wildman–Crippen LogP) is 3.25. The zero-order valence-corrected chi connectivity index (χ0v) is 14.8. The molecular weight excluding hydrogens is 349 g/mol. The van der Waals surface area contributed by atoms with Crippen molar-refractivity contribution in [1.29, 1.82) is 0 Å². The van der Waals surface area contributed by atoms with E-state index in [1.807, 2.05) is 11.0 Å². The zero-order valence-electron chi connectivity index (χ0n) is 14.8. The first-order chi connectivity index (χ1) is 13.0. The van der Waals surface area contributed by atoms with Crippen molar-refractivity contribution in [2.75, 3.05) is 26.2 Å². The third-order valence-corrected chi connectivity index (χ3v) is 4.56. The summed E-state index contributed by atoms with van der Waals surface area (Å²) in [6.45, 7) is 3.46. The molecule has 140 valence electrons. The van der Waals surface area contributed by atoms with Crippen LogP contribution in [0.4, 0.5) is 10.1 Å². The molecule has 0 atom stereocenters. The first-order valence-electron chi connectivity index (χ1n) is 8.70. The number of hydrogen-bond acceptors (Lipinski definition) is 5. The van der Waals surface area contributed by atoms with Crippen LogP contribution in [0.5, 0.6) is 0 Å². The van der Waals surface area contributed by atoms with Gasteiger partial charge in [0.1, 0.15) is 5.82 Å². The maximum atomic E-state index is 13.7. The number of halogens is 1. The van der Waals surface area contributed by atoms with E-state index in [4.69, 9.17) is 0 Å². The maximum absolute atomic E-state index is 13.7. The molecule has 2 aromatic rings. The second-order valence-corrected chi connectivity index (χ2v) is 6.36. The van der Waals surface area contributed by atoms with Crippen molar-refractivity contribution in [2.45, 2.75) is 6.54 Å². The lowest BCUT2D eigenvalue weighted by Crippen LogP contribution is -2.43. The highest BCUT2D eigenvalue weighted by atomic mass is 19.1. The molecule has 1 aliphatic heterocycles. The average Bonchev–Trinajstić information content (AvgIpc) is 2.69. The SMILES string of the molecule is O=C(C=CN1CCN(Cc2ccccc2F)CC1)c1ccccc1[N+](=O)[O-]. The molecule has 1 fully saturated rings. The summed E-state index contributed by atoms with van der Waals surface area (Å²) in [5, 5.41) is 11.0. The summed E-state index contributed by atoms with van der Waals surface area (Å²) >= 11 is 0. The molecule has 2 aromatic carbocycles. The van der Waals surface area contributed by atoms with E-state index in [1.54, 1.807) is 24.4 Å². The molecule has 0 saturated carbocycles. The Morgan fingerprint density at radius 1 is 1.07 bits per heavy atom. The number of allylic oxidation sites excluding steroid dienone is 1. The van der Waals surface area contributed by atoms with Crippen molar-refractivity contribution in [1.82, 2.24) is 9.80 Å². The fraction of sp³-hybridized carbons (Fsp3) is 0.250. The molecular formula is C20H20FN3O3. The number of piperazine rings is 1. The minimum Gasteiger partial charge on any atom is -0.375 e. The van der Waals surface area contributed by atoms with Gasteiger partial charge in [0, 0.05) is 56.6 Å². The van der Waals surface area contributed by atoms with Crippen LogP contribution in [0.1, 0.15) is 15.9 Å². The number of nitrogens with zero attached hydrogens (tertiary/aromatic N) is 3. The molecule has 7 heteroatoms. The molecule has 0 N–H and O–H groups in total. The fourth-order valence-corrected chi connectivity index (χ4v) is 3.04. The molecule has 27 heavy (non-hydrogen) atoms. The van der Waals surface area contributed by atoms with Gasteiger partial charge in [-0.05, 0) is 12.1 Å². The van der Waals surface area contributed by atoms with Gasteiger partial charge in [0.25, 0.3) is 5.69 Å². The minimum absolute atomic E-state index is 0.0805. The largest absolute Gasteiger partial charge is 0.375 e. The number of nitro benzene ring substituents is 1. The van der Waals surface area contributed by atoms with Crippen molar-refractivity contribution in [3.63, 3.8) is 0 Å². The zero-order chi connectivity index (χ0) is 19.2. The van der Waals surface area contributed by atoms with Gasteiger partial charge >= 0.3 is 0 Å². The second-order valence-electron chi connectivity index (χ2n) is 6.36. The Bertz CT molecular complexity index is 861. The van der Waals surface area contributed by atoms with Gasteiger partial charge in [0.15, 0.2) is 5.78 Å². The van der Waals surface area contributed by atoms with Crippen molar-refractivity contribution < 1.29 is 14.1 Å². The van der Waals surface area contributed by atoms with Crippen LogP contribution in [0.3, 0.4) is 0 Å². The van der Waals surface area contributed by atoms with Gasteiger partial charge in [-0.15, -0.1) is 0 Å². The Morgan fingerprint density at radius 2 is 1.74 bits per heavy atom. The van der Waals surface area contributed by atoms with Crippen LogP contribution in [-0.4, -0.2) is 46.7 Å². The summed E-state index contributed by atoms with van der Waals surface area (Å²) in [4.78, 5) is 26.9. The van der Waals surface area contributed by atoms with Crippen LogP contribution >= 0.6 is 0 Å². The molecule has 0 amide bonds. The van der Waals surface area contributed by atoms with E-state index in [0.29, 0.717) is 25.2 Å². The summed E-state index contributed by atoms with van der Waals surface area (Å²) in [6, 6.07) is 12.7. The van der Waals surface area contributed by atoms with E-state index >= 15 is 0 Å². The number of rotatable bonds is 6. The smallest absolute Gasteiger partial charge is 0.280 e. The normalized spacial score (nSPS) is 15.2. The number of benzene rings is 2. The van der Waals surface area contributed by atoms with Crippen LogP contribution in [-0.2, 0) is 6.54 Å². The van der Waals surface area contributed by atoms with Crippen LogP contribution < -0.4 is 0 Å². The lowest BCUT2D eigenvalue weighted by molar-refractivity contribution is -0.385. The summed E-state index contributed by atoms with van der Waals surface area (Å²) in [7, 11) is 0. The third-order valence-electron chi connectivity index (χ3n) is 4.56. The number of para-hydroxylation sites is 1. The van der Waals surface area contributed by atoms with E-state index in [0.717, 1.165) is 13.1 Å². The number of ketones is 1. The highest BCUT2D eigenvalue weighted by Crippen LogP contribution is 2.19. The Hall–Kier alpha value is -3.06. The van der Waals surface area contributed by atoms with Gasteiger partial charge in [0.2, 0.25) is 0 Å². The summed E-state index contributed by atoms with van der Waals surface area (Å²) in [5.74, 6) is -0.592. The quantitative estimate of drug-likeness (QED) is 0.338. The van der Waals surface area contributed by atoms with Gasteiger partial charge in [-0.25, -0.2) is 4.39 Å². The Balaban J connectivity index is 1.55. The van der Waals surface area contributed by atoms with E-state index in [-0.39, 0.29) is 17.1 Å². The van der Waals surface area contributed by atoms with E-state index in [1.165, 1.54) is 30.3 Å². The van der Waals surface area contributed by atoms with Gasteiger partial charge < -0.3 is 4.90 Å². The third kappa shape index (κ3) is 4.77. The number of hydrogen-bond donors (Lipinski definition) is 0. The monoisotopic (exact) mass is 369 g/mol. The summed E-state index contributed by atoms with van der Waals surface area (Å²) < 4.78 is 13.7. The number of carbonyl (C=O) groups is 1. The number of carbonyl (C=O) groups excluding carboxylic acids is 1. The Labute approximate surface area is 156 Å². The fourth-order valence-electron chi connectivity index (χ4n) is 3.04. The number of nitro groups is 1. The molecule has 6 nitrogen and oxygen atoms in total. The molecule has 0 unspecified atom stereocenters. The molecule has 0 aromatic heterocycles. The summed E-state index contributed by atoms with van der Waals surface area (Å²) in [5.41, 5.74) is 0.562. The van der Waals surface area contributed by atoms with Crippen molar-refractivity contribution in [2.24, 2.45) is 0 Å². The minimum atomic E-state index is -0.553. The Kier molecular flexibility index (Phi) is 5.93. The predicted molar refractivity (Wildman–Crippen MR) is 99.8 cm³/mol. The van der Waals surface area contributed by atoms with Gasteiger partial charge in [-0.1, -0.05) is 30.3 Å². The van der Waals surface area contributed by atoms with E-state index in [9.17, 15) is 19.3 Å². The van der Waals surface area contributed by atoms with Gasteiger partial charge in [-0.3, -0.25) is 19.8 Å². The highest BCUT2D eigenvalue weighted by molar-refractivity contribution is 6.07. The standard InChI is InChI=1S/C20H20FN3O3/c21-18-7-3-1-5-16(18)15-23-13-11-22(12-14-23)10-9-20(25)17-6-2-4-8-19(17)24(26)27/h1-10H,11-15H2. The van der Waals surface area contributed by atoms with E-state index in [2.05, 4.69) is 4.90 Å². The van der Waals surface area contributed by atoms with E-state index < -0.39 is 10.7 Å². The topological polar surface area (TPSA) is 66.7 Å². The van der Waals surface area contributed by atoms with Crippen LogP contribution in [0.2, 0.25) is 0 Å². The molecule has 0 aliphatic carbocycles. The van der Waals surface area contributed by atoms with Crippen molar-refractivity contribution in [3.8, 4) is 0 Å². The molecule has 1 saturated heterocycles. The van der Waals surface area contributed by atoms with Crippen LogP contribution in [0, 0.1) is 15.9 Å². The summed E-state index contributed by atoms with van der Waals surface area (Å²) in [6.07, 6.45) is 3.05. The van der Waals surface area contributed by atoms with Crippen LogP contribution in [0.25, 0.3) is 0 Å². The van der Waals surface area contributed by atoms with Crippen molar-refractivity contribution >= 4 is 11.5 Å². The van der Waals surface area contributed by atoms with Crippen molar-refractivity contribution in [3.05, 3.63) is 87.9 Å². The molecule has 0 spiro atoms. The molecule has 1 aliphatic rings. The first-order valence-corrected chi connectivity index (χ1v) is 8.70. The second kappa shape index (κ2) is 8.55. The van der Waals surface area contributed by atoms with Gasteiger partial charge in [-0.2, -0.15) is 0 Å². The highest BCUT2D eigenvalue weighted by Gasteiger charge is 2.19. The average molecular weight is 369 g/mol. The molecule has 0 radical (unpaired) electrons. The first kappa shape index (κ1) is 18.7. The van der Waals surface area contributed by atoms with Gasteiger partial charge in [0.05, 0.1) is 10.5 Å². The lowest BCUT2D eigenvalue weighted by atomic mass is 10.1. The molecule has 3 rings (SSSR count). The molecule has 1 heterocycles. The van der Waals surface area contributed by atoms with Crippen LogP contribution in [0.15, 0.2) is 60.8 Å². The maximum Gasteiger partial charge on any atom is 0.280 e.